The molecule has 1 unspecified atom stereocenters. The third-order valence-corrected chi connectivity index (χ3v) is 9.62. The number of nitrogens with zero attached hydrogens (tertiary/aromatic N) is 1. The molecule has 0 aromatic heterocycles. The number of hydrogen-bond acceptors (Lipinski definition) is 7. The molecule has 1 fully saturated rings. The van der Waals surface area contributed by atoms with Crippen LogP contribution in [0.25, 0.3) is 0 Å². The van der Waals surface area contributed by atoms with Gasteiger partial charge >= 0.3 is 0 Å². The number of sulfonamides is 1. The average molecular weight is 564 g/mol. The van der Waals surface area contributed by atoms with Crippen LogP contribution in [0.3, 0.4) is 0 Å². The number of carbonyl (C=O) groups excluding carboxylic acids is 2. The molecule has 1 aliphatic carbocycles. The Bertz CT molecular complexity index is 1120. The number of methoxy groups -OCH3 is 1. The van der Waals surface area contributed by atoms with Crippen molar-refractivity contribution in [1.82, 2.24) is 15.1 Å². The summed E-state index contributed by atoms with van der Waals surface area (Å²) in [6.07, 6.45) is 5.61. The monoisotopic (exact) mass is 563 g/mol. The van der Waals surface area contributed by atoms with E-state index in [1.54, 1.807) is 5.48 Å². The Labute approximate surface area is 229 Å². The SMILES string of the molecule is COc1ccc(S(=O)(=O)N(CC(=O)NCC2CCCCC2)C(CCSCc2ccccc2)C(=O)NO)cc1. The Morgan fingerprint density at radius 1 is 1.08 bits per heavy atom. The van der Waals surface area contributed by atoms with Crippen molar-refractivity contribution in [2.75, 3.05) is 26.0 Å². The van der Waals surface area contributed by atoms with Crippen LogP contribution in [0, 0.1) is 5.92 Å². The van der Waals surface area contributed by atoms with Crippen molar-refractivity contribution < 1.29 is 28.0 Å². The largest absolute Gasteiger partial charge is 0.497 e. The summed E-state index contributed by atoms with van der Waals surface area (Å²) < 4.78 is 33.5. The van der Waals surface area contributed by atoms with E-state index in [0.717, 1.165) is 35.6 Å². The third kappa shape index (κ3) is 8.72. The molecule has 1 saturated carbocycles. The number of nitrogens with one attached hydrogen (secondary N) is 2. The van der Waals surface area contributed by atoms with Crippen LogP contribution in [0.15, 0.2) is 59.5 Å². The van der Waals surface area contributed by atoms with Crippen molar-refractivity contribution in [3.8, 4) is 5.75 Å². The van der Waals surface area contributed by atoms with E-state index in [0.29, 0.717) is 29.7 Å². The van der Waals surface area contributed by atoms with Crippen molar-refractivity contribution in [2.45, 2.75) is 55.2 Å². The first-order valence-corrected chi connectivity index (χ1v) is 15.4. The molecule has 0 spiro atoms. The topological polar surface area (TPSA) is 125 Å². The van der Waals surface area contributed by atoms with Gasteiger partial charge < -0.3 is 10.1 Å². The normalized spacial score (nSPS) is 15.1. The number of ether oxygens (including phenoxy) is 1. The van der Waals surface area contributed by atoms with Gasteiger partial charge in [0.15, 0.2) is 0 Å². The molecule has 2 aromatic rings. The summed E-state index contributed by atoms with van der Waals surface area (Å²) >= 11 is 1.54. The number of rotatable bonds is 14. The summed E-state index contributed by atoms with van der Waals surface area (Å²) in [5.74, 6) is 0.586. The first kappa shape index (κ1) is 29.9. The number of amides is 2. The number of carbonyl (C=O) groups is 2. The highest BCUT2D eigenvalue weighted by Gasteiger charge is 2.37. The zero-order valence-electron chi connectivity index (χ0n) is 21.7. The molecule has 0 radical (unpaired) electrons. The average Bonchev–Trinajstić information content (AvgIpc) is 2.96. The van der Waals surface area contributed by atoms with Crippen molar-refractivity contribution in [3.63, 3.8) is 0 Å². The van der Waals surface area contributed by atoms with Crippen LogP contribution >= 0.6 is 11.8 Å². The Morgan fingerprint density at radius 3 is 2.39 bits per heavy atom. The summed E-state index contributed by atoms with van der Waals surface area (Å²) in [4.78, 5) is 25.6. The molecule has 38 heavy (non-hydrogen) atoms. The van der Waals surface area contributed by atoms with Gasteiger partial charge in [-0.2, -0.15) is 16.1 Å². The number of benzene rings is 2. The van der Waals surface area contributed by atoms with E-state index in [1.165, 1.54) is 49.6 Å². The molecule has 1 aliphatic rings. The maximum Gasteiger partial charge on any atom is 0.261 e. The summed E-state index contributed by atoms with van der Waals surface area (Å²) in [5, 5.41) is 12.3. The first-order valence-electron chi connectivity index (χ1n) is 12.8. The lowest BCUT2D eigenvalue weighted by molar-refractivity contribution is -0.134. The van der Waals surface area contributed by atoms with Crippen LogP contribution in [-0.4, -0.2) is 61.7 Å². The van der Waals surface area contributed by atoms with Crippen LogP contribution in [-0.2, 0) is 25.4 Å². The van der Waals surface area contributed by atoms with Crippen molar-refractivity contribution in [3.05, 3.63) is 60.2 Å². The van der Waals surface area contributed by atoms with Crippen LogP contribution in [0.5, 0.6) is 5.75 Å². The minimum absolute atomic E-state index is 0.0777. The summed E-state index contributed by atoms with van der Waals surface area (Å²) in [6.45, 7) is -0.0679. The van der Waals surface area contributed by atoms with E-state index in [4.69, 9.17) is 4.74 Å². The summed E-state index contributed by atoms with van der Waals surface area (Å²) in [6, 6.07) is 14.3. The fourth-order valence-electron chi connectivity index (χ4n) is 4.53. The third-order valence-electron chi connectivity index (χ3n) is 6.69. The second kappa shape index (κ2) is 15.1. The lowest BCUT2D eigenvalue weighted by Crippen LogP contribution is -2.52. The fraction of sp³-hybridized carbons (Fsp3) is 0.481. The Kier molecular flexibility index (Phi) is 11.9. The molecule has 9 nitrogen and oxygen atoms in total. The van der Waals surface area contributed by atoms with Crippen LogP contribution in [0.4, 0.5) is 0 Å². The smallest absolute Gasteiger partial charge is 0.261 e. The highest BCUT2D eigenvalue weighted by molar-refractivity contribution is 7.98. The summed E-state index contributed by atoms with van der Waals surface area (Å²) in [5.41, 5.74) is 2.70. The quantitative estimate of drug-likeness (QED) is 0.182. The minimum Gasteiger partial charge on any atom is -0.497 e. The first-order chi connectivity index (χ1) is 18.3. The van der Waals surface area contributed by atoms with Crippen LogP contribution in [0.2, 0.25) is 0 Å². The molecule has 3 N–H and O–H groups in total. The molecule has 11 heteroatoms. The zero-order valence-corrected chi connectivity index (χ0v) is 23.3. The van der Waals surface area contributed by atoms with Gasteiger partial charge in [0, 0.05) is 12.3 Å². The molecular formula is C27H37N3O6S2. The predicted molar refractivity (Wildman–Crippen MR) is 147 cm³/mol. The Balaban J connectivity index is 1.78. The molecule has 2 aromatic carbocycles. The lowest BCUT2D eigenvalue weighted by Gasteiger charge is -2.29. The molecule has 1 atom stereocenters. The van der Waals surface area contributed by atoms with Gasteiger partial charge in [0.05, 0.1) is 18.6 Å². The molecule has 0 aliphatic heterocycles. The second-order valence-corrected chi connectivity index (χ2v) is 12.3. The number of hydrogen-bond donors (Lipinski definition) is 3. The highest BCUT2D eigenvalue weighted by Crippen LogP contribution is 2.25. The fourth-order valence-corrected chi connectivity index (χ4v) is 7.07. The Hall–Kier alpha value is -2.60. The molecule has 3 rings (SSSR count). The molecule has 0 bridgehead atoms. The standard InChI is InChI=1S/C27H37N3O6S2/c1-36-23-12-14-24(15-13-23)38(34,35)30(19-26(31)28-18-21-8-4-2-5-9-21)25(27(32)29-33)16-17-37-20-22-10-6-3-7-11-22/h3,6-7,10-15,21,25,33H,2,4-5,8-9,16-20H2,1H3,(H,28,31)(H,29,32). The van der Waals surface area contributed by atoms with Crippen molar-refractivity contribution in [1.29, 1.82) is 0 Å². The summed E-state index contributed by atoms with van der Waals surface area (Å²) in [7, 11) is -2.80. The minimum atomic E-state index is -4.27. The van der Waals surface area contributed by atoms with Gasteiger partial charge in [0.2, 0.25) is 15.9 Å². The van der Waals surface area contributed by atoms with Gasteiger partial charge in [-0.15, -0.1) is 0 Å². The molecular weight excluding hydrogens is 526 g/mol. The molecule has 208 valence electrons. The van der Waals surface area contributed by atoms with Gasteiger partial charge in [-0.05, 0) is 60.8 Å². The van der Waals surface area contributed by atoms with Gasteiger partial charge in [-0.3, -0.25) is 14.8 Å². The van der Waals surface area contributed by atoms with E-state index >= 15 is 0 Å². The Morgan fingerprint density at radius 2 is 1.76 bits per heavy atom. The zero-order chi connectivity index (χ0) is 27.4. The van der Waals surface area contributed by atoms with E-state index in [1.807, 2.05) is 30.3 Å². The highest BCUT2D eigenvalue weighted by atomic mass is 32.2. The second-order valence-electron chi connectivity index (χ2n) is 9.35. The van der Waals surface area contributed by atoms with Gasteiger partial charge in [-0.1, -0.05) is 49.6 Å². The van der Waals surface area contributed by atoms with Crippen LogP contribution in [0.1, 0.15) is 44.1 Å². The molecule has 0 heterocycles. The van der Waals surface area contributed by atoms with Crippen molar-refractivity contribution in [2.24, 2.45) is 5.92 Å². The van der Waals surface area contributed by atoms with Crippen molar-refractivity contribution >= 4 is 33.6 Å². The molecule has 0 saturated heterocycles. The van der Waals surface area contributed by atoms with E-state index in [-0.39, 0.29) is 11.3 Å². The molecule has 2 amide bonds. The van der Waals surface area contributed by atoms with Crippen LogP contribution < -0.4 is 15.5 Å². The van der Waals surface area contributed by atoms with E-state index in [9.17, 15) is 23.2 Å². The van der Waals surface area contributed by atoms with Gasteiger partial charge in [0.1, 0.15) is 11.8 Å². The number of thioether (sulfide) groups is 1. The maximum absolute atomic E-state index is 13.7. The lowest BCUT2D eigenvalue weighted by atomic mass is 9.89. The predicted octanol–water partition coefficient (Wildman–Crippen LogP) is 3.58. The van der Waals surface area contributed by atoms with Gasteiger partial charge in [0.25, 0.3) is 5.91 Å². The maximum atomic E-state index is 13.7. The van der Waals surface area contributed by atoms with E-state index in [2.05, 4.69) is 5.32 Å². The number of hydroxylamine groups is 1. The van der Waals surface area contributed by atoms with Gasteiger partial charge in [-0.25, -0.2) is 13.9 Å². The van der Waals surface area contributed by atoms with E-state index < -0.39 is 34.4 Å².